The highest BCUT2D eigenvalue weighted by Crippen LogP contribution is 2.12. The molecule has 1 aromatic rings. The van der Waals surface area contributed by atoms with Crippen LogP contribution in [0.3, 0.4) is 0 Å². The molecule has 2 unspecified atom stereocenters. The molecule has 0 radical (unpaired) electrons. The lowest BCUT2D eigenvalue weighted by Gasteiger charge is -2.26. The molecule has 2 atom stereocenters. The van der Waals surface area contributed by atoms with Crippen molar-refractivity contribution in [2.75, 3.05) is 13.6 Å². The fourth-order valence-corrected chi connectivity index (χ4v) is 2.22. The third-order valence-electron chi connectivity index (χ3n) is 3.58. The average Bonchev–Trinajstić information content (AvgIpc) is 2.39. The molecule has 0 heterocycles. The van der Waals surface area contributed by atoms with Crippen molar-refractivity contribution >= 4 is 11.6 Å². The second-order valence-electron chi connectivity index (χ2n) is 5.49. The van der Waals surface area contributed by atoms with Gasteiger partial charge in [-0.2, -0.15) is 0 Å². The van der Waals surface area contributed by atoms with Crippen LogP contribution in [0, 0.1) is 0 Å². The largest absolute Gasteiger partial charge is 0.313 e. The molecule has 0 aliphatic rings. The maximum absolute atomic E-state index is 5.90. The molecule has 1 rings (SSSR count). The number of benzene rings is 1. The summed E-state index contributed by atoms with van der Waals surface area (Å²) >= 11 is 5.90. The van der Waals surface area contributed by atoms with Gasteiger partial charge in [0.25, 0.3) is 0 Å². The topological polar surface area (TPSA) is 15.3 Å². The highest BCUT2D eigenvalue weighted by Gasteiger charge is 2.10. The molecule has 0 bridgehead atoms. The van der Waals surface area contributed by atoms with Crippen molar-refractivity contribution < 1.29 is 0 Å². The summed E-state index contributed by atoms with van der Waals surface area (Å²) in [6.07, 6.45) is 2.48. The van der Waals surface area contributed by atoms with Gasteiger partial charge in [-0.1, -0.05) is 37.1 Å². The molecule has 0 fully saturated rings. The summed E-state index contributed by atoms with van der Waals surface area (Å²) in [5.41, 5.74) is 1.31. The van der Waals surface area contributed by atoms with E-state index in [9.17, 15) is 0 Å². The Labute approximate surface area is 123 Å². The molecule has 2 nitrogen and oxygen atoms in total. The number of halogens is 1. The summed E-state index contributed by atoms with van der Waals surface area (Å²) in [6, 6.07) is 9.23. The van der Waals surface area contributed by atoms with E-state index in [2.05, 4.69) is 50.2 Å². The van der Waals surface area contributed by atoms with Crippen LogP contribution in [0.1, 0.15) is 39.2 Å². The number of hydrogen-bond acceptors (Lipinski definition) is 2. The molecule has 108 valence electrons. The average molecular weight is 283 g/mol. The Bertz CT molecular complexity index is 350. The highest BCUT2D eigenvalue weighted by molar-refractivity contribution is 6.30. The van der Waals surface area contributed by atoms with Crippen molar-refractivity contribution in [1.82, 2.24) is 10.2 Å². The molecule has 0 aliphatic carbocycles. The zero-order valence-corrected chi connectivity index (χ0v) is 13.4. The molecule has 0 saturated carbocycles. The zero-order chi connectivity index (χ0) is 14.3. The van der Waals surface area contributed by atoms with Crippen LogP contribution in [-0.4, -0.2) is 30.6 Å². The van der Waals surface area contributed by atoms with Crippen LogP contribution in [0.15, 0.2) is 24.3 Å². The van der Waals surface area contributed by atoms with Gasteiger partial charge in [-0.15, -0.1) is 0 Å². The van der Waals surface area contributed by atoms with Crippen LogP contribution < -0.4 is 5.32 Å². The van der Waals surface area contributed by atoms with Gasteiger partial charge < -0.3 is 5.32 Å². The van der Waals surface area contributed by atoms with Crippen molar-refractivity contribution in [2.45, 2.75) is 52.2 Å². The number of nitrogens with one attached hydrogen (secondary N) is 1. The normalized spacial score (nSPS) is 14.6. The first-order valence-electron chi connectivity index (χ1n) is 7.21. The molecule has 0 aromatic heterocycles. The van der Waals surface area contributed by atoms with Gasteiger partial charge in [0.2, 0.25) is 0 Å². The van der Waals surface area contributed by atoms with Crippen LogP contribution in [0.2, 0.25) is 5.02 Å². The number of hydrogen-bond donors (Lipinski definition) is 1. The second kappa shape index (κ2) is 8.57. The predicted octanol–water partition coefficient (Wildman–Crippen LogP) is 3.94. The van der Waals surface area contributed by atoms with E-state index in [1.54, 1.807) is 0 Å². The van der Waals surface area contributed by atoms with Crippen LogP contribution in [0.5, 0.6) is 0 Å². The summed E-state index contributed by atoms with van der Waals surface area (Å²) in [6.45, 7) is 8.75. The third-order valence-corrected chi connectivity index (χ3v) is 3.83. The van der Waals surface area contributed by atoms with Crippen molar-refractivity contribution in [3.05, 3.63) is 34.9 Å². The Kier molecular flexibility index (Phi) is 7.44. The molecular weight excluding hydrogens is 256 g/mol. The lowest BCUT2D eigenvalue weighted by Crippen LogP contribution is -2.40. The lowest BCUT2D eigenvalue weighted by molar-refractivity contribution is 0.237. The first-order valence-corrected chi connectivity index (χ1v) is 7.58. The van der Waals surface area contributed by atoms with E-state index in [0.29, 0.717) is 12.1 Å². The number of nitrogens with zero attached hydrogens (tertiary/aromatic N) is 1. The van der Waals surface area contributed by atoms with Crippen LogP contribution in [-0.2, 0) is 6.54 Å². The minimum absolute atomic E-state index is 0.523. The first kappa shape index (κ1) is 16.5. The summed E-state index contributed by atoms with van der Waals surface area (Å²) in [5.74, 6) is 0. The molecule has 3 heteroatoms. The maximum atomic E-state index is 5.90. The van der Waals surface area contributed by atoms with E-state index in [1.807, 2.05) is 12.1 Å². The molecule has 0 saturated heterocycles. The number of likely N-dealkylation sites (N-methyl/N-ethyl adjacent to an activating group) is 1. The fourth-order valence-electron chi connectivity index (χ4n) is 2.10. The van der Waals surface area contributed by atoms with Gasteiger partial charge in [0.05, 0.1) is 0 Å². The first-order chi connectivity index (χ1) is 9.02. The van der Waals surface area contributed by atoms with Crippen molar-refractivity contribution in [3.63, 3.8) is 0 Å². The van der Waals surface area contributed by atoms with Gasteiger partial charge in [-0.25, -0.2) is 0 Å². The van der Waals surface area contributed by atoms with E-state index < -0.39 is 0 Å². The van der Waals surface area contributed by atoms with Gasteiger partial charge in [0, 0.05) is 30.2 Å². The minimum atomic E-state index is 0.523. The van der Waals surface area contributed by atoms with Gasteiger partial charge in [0.15, 0.2) is 0 Å². The van der Waals surface area contributed by atoms with E-state index in [0.717, 1.165) is 18.1 Å². The van der Waals surface area contributed by atoms with Crippen molar-refractivity contribution in [3.8, 4) is 0 Å². The van der Waals surface area contributed by atoms with Crippen LogP contribution in [0.4, 0.5) is 0 Å². The number of rotatable bonds is 8. The van der Waals surface area contributed by atoms with E-state index >= 15 is 0 Å². The Hall–Kier alpha value is -0.570. The fraction of sp³-hybridized carbons (Fsp3) is 0.625. The Morgan fingerprint density at radius 2 is 1.84 bits per heavy atom. The SMILES string of the molecule is CCCC(C)NCC(C)N(C)Cc1ccc(Cl)cc1. The Balaban J connectivity index is 2.35. The maximum Gasteiger partial charge on any atom is 0.0406 e. The van der Waals surface area contributed by atoms with Gasteiger partial charge >= 0.3 is 0 Å². The quantitative estimate of drug-likeness (QED) is 0.777. The van der Waals surface area contributed by atoms with E-state index in [4.69, 9.17) is 11.6 Å². The molecular formula is C16H27ClN2. The summed E-state index contributed by atoms with van der Waals surface area (Å²) in [7, 11) is 2.17. The summed E-state index contributed by atoms with van der Waals surface area (Å²) in [5, 5.41) is 4.40. The van der Waals surface area contributed by atoms with E-state index in [1.165, 1.54) is 18.4 Å². The Morgan fingerprint density at radius 3 is 2.42 bits per heavy atom. The molecule has 19 heavy (non-hydrogen) atoms. The highest BCUT2D eigenvalue weighted by atomic mass is 35.5. The van der Waals surface area contributed by atoms with Crippen molar-refractivity contribution in [1.29, 1.82) is 0 Å². The monoisotopic (exact) mass is 282 g/mol. The Morgan fingerprint density at radius 1 is 1.21 bits per heavy atom. The molecule has 0 amide bonds. The predicted molar refractivity (Wildman–Crippen MR) is 84.8 cm³/mol. The minimum Gasteiger partial charge on any atom is -0.313 e. The summed E-state index contributed by atoms with van der Waals surface area (Å²) in [4.78, 5) is 2.37. The van der Waals surface area contributed by atoms with Crippen LogP contribution in [0.25, 0.3) is 0 Å². The zero-order valence-electron chi connectivity index (χ0n) is 12.6. The smallest absolute Gasteiger partial charge is 0.0406 e. The molecule has 0 spiro atoms. The van der Waals surface area contributed by atoms with Crippen LogP contribution >= 0.6 is 11.6 Å². The van der Waals surface area contributed by atoms with Crippen molar-refractivity contribution in [2.24, 2.45) is 0 Å². The third kappa shape index (κ3) is 6.42. The molecule has 0 aliphatic heterocycles. The van der Waals surface area contributed by atoms with Gasteiger partial charge in [0.1, 0.15) is 0 Å². The standard InChI is InChI=1S/C16H27ClN2/c1-5-6-13(2)18-11-14(3)19(4)12-15-7-9-16(17)10-8-15/h7-10,13-14,18H,5-6,11-12H2,1-4H3. The molecule has 1 N–H and O–H groups in total. The van der Waals surface area contributed by atoms with Gasteiger partial charge in [-0.05, 0) is 45.0 Å². The lowest BCUT2D eigenvalue weighted by atomic mass is 10.1. The van der Waals surface area contributed by atoms with Gasteiger partial charge in [-0.3, -0.25) is 4.90 Å². The summed E-state index contributed by atoms with van der Waals surface area (Å²) < 4.78 is 0. The van der Waals surface area contributed by atoms with E-state index in [-0.39, 0.29) is 0 Å². The second-order valence-corrected chi connectivity index (χ2v) is 5.93. The molecule has 1 aromatic carbocycles.